The first-order chi connectivity index (χ1) is 31.7. The van der Waals surface area contributed by atoms with Crippen molar-refractivity contribution in [2.24, 2.45) is 0 Å². The van der Waals surface area contributed by atoms with E-state index < -0.39 is 0 Å². The first-order valence-corrected chi connectivity index (χ1v) is 22.3. The van der Waals surface area contributed by atoms with E-state index in [9.17, 15) is 5.26 Å². The van der Waals surface area contributed by atoms with Gasteiger partial charge in [0, 0.05) is 36.9 Å². The molecular formula is C59H34N4S. The lowest BCUT2D eigenvalue weighted by Gasteiger charge is -2.30. The molecule has 2 aliphatic rings. The van der Waals surface area contributed by atoms with Gasteiger partial charge in [0.15, 0.2) is 17.5 Å². The van der Waals surface area contributed by atoms with E-state index in [4.69, 9.17) is 15.0 Å². The van der Waals surface area contributed by atoms with Crippen LogP contribution in [0, 0.1) is 11.3 Å². The van der Waals surface area contributed by atoms with Crippen LogP contribution >= 0.6 is 11.3 Å². The second-order valence-corrected chi connectivity index (χ2v) is 17.6. The molecule has 2 aromatic heterocycles. The van der Waals surface area contributed by atoms with Gasteiger partial charge in [0.25, 0.3) is 0 Å². The molecule has 0 saturated carbocycles. The fourth-order valence-electron chi connectivity index (χ4n) is 10.5. The van der Waals surface area contributed by atoms with Crippen LogP contribution in [0.2, 0.25) is 0 Å². The Morgan fingerprint density at radius 3 is 1.55 bits per heavy atom. The first-order valence-electron chi connectivity index (χ1n) is 21.5. The summed E-state index contributed by atoms with van der Waals surface area (Å²) in [5, 5.41) is 11.8. The third-order valence-corrected chi connectivity index (χ3v) is 14.4. The maximum Gasteiger partial charge on any atom is 0.164 e. The number of rotatable bonds is 5. The lowest BCUT2D eigenvalue weighted by atomic mass is 9.70. The van der Waals surface area contributed by atoms with Crippen molar-refractivity contribution < 1.29 is 0 Å². The standard InChI is InChI=1S/C59H34N4S/c60-35-36-24-33-52-47(34-36)55-46(18-11-23-53(55)64-52)58-62-56(40-12-2-1-3-13-40)61-57(63-58)41-31-27-38(28-32-41)37-25-29-39(30-26-37)42-17-10-22-51-54(42)45-16-6-9-21-50(45)59(51)48-19-7-4-14-43(48)44-15-5-8-20-49(44)59/h1-34H. The lowest BCUT2D eigenvalue weighted by Crippen LogP contribution is -2.25. The van der Waals surface area contributed by atoms with Gasteiger partial charge in [-0.25, -0.2) is 15.0 Å². The normalized spacial score (nSPS) is 12.8. The molecule has 0 bridgehead atoms. The van der Waals surface area contributed by atoms with Gasteiger partial charge in [0.05, 0.1) is 17.0 Å². The smallest absolute Gasteiger partial charge is 0.164 e. The summed E-state index contributed by atoms with van der Waals surface area (Å²) in [6.45, 7) is 0. The Morgan fingerprint density at radius 1 is 0.375 bits per heavy atom. The van der Waals surface area contributed by atoms with Crippen LogP contribution in [0.25, 0.3) is 98.8 Å². The number of nitrogens with zero attached hydrogens (tertiary/aromatic N) is 4. The molecular weight excluding hydrogens is 797 g/mol. The SMILES string of the molecule is N#Cc1ccc2sc3cccc(-c4nc(-c5ccccc5)nc(-c5ccc(-c6ccc(-c7cccc8c7-c7ccccc7C87c8ccccc8-c8ccccc87)cc6)cc5)n4)c3c2c1. The summed E-state index contributed by atoms with van der Waals surface area (Å²) in [6, 6.07) is 75.8. The quantitative estimate of drug-likeness (QED) is 0.173. The molecule has 5 heteroatoms. The van der Waals surface area contributed by atoms with Gasteiger partial charge < -0.3 is 0 Å². The van der Waals surface area contributed by atoms with Crippen LogP contribution in [0.3, 0.4) is 0 Å². The molecule has 0 radical (unpaired) electrons. The van der Waals surface area contributed by atoms with Crippen molar-refractivity contribution in [2.75, 3.05) is 0 Å². The molecule has 2 heterocycles. The highest BCUT2D eigenvalue weighted by atomic mass is 32.1. The van der Waals surface area contributed by atoms with E-state index in [1.807, 2.05) is 48.5 Å². The third-order valence-electron chi connectivity index (χ3n) is 13.2. The maximum atomic E-state index is 9.73. The molecule has 0 unspecified atom stereocenters. The van der Waals surface area contributed by atoms with Crippen LogP contribution in [0.1, 0.15) is 27.8 Å². The molecule has 11 aromatic rings. The molecule has 0 atom stereocenters. The number of hydrogen-bond donors (Lipinski definition) is 0. The van der Waals surface area contributed by atoms with Crippen molar-refractivity contribution in [2.45, 2.75) is 5.41 Å². The second kappa shape index (κ2) is 14.1. The summed E-state index contributed by atoms with van der Waals surface area (Å²) in [5.41, 5.74) is 18.3. The summed E-state index contributed by atoms with van der Waals surface area (Å²) < 4.78 is 2.24. The minimum absolute atomic E-state index is 0.369. The van der Waals surface area contributed by atoms with Crippen molar-refractivity contribution in [3.8, 4) is 84.7 Å². The van der Waals surface area contributed by atoms with Crippen LogP contribution in [-0.2, 0) is 5.41 Å². The predicted octanol–water partition coefficient (Wildman–Crippen LogP) is 14.8. The molecule has 296 valence electrons. The van der Waals surface area contributed by atoms with Crippen molar-refractivity contribution in [3.63, 3.8) is 0 Å². The molecule has 4 nitrogen and oxygen atoms in total. The Labute approximate surface area is 374 Å². The van der Waals surface area contributed by atoms with Gasteiger partial charge in [-0.3, -0.25) is 0 Å². The van der Waals surface area contributed by atoms with E-state index in [1.54, 1.807) is 11.3 Å². The molecule has 13 rings (SSSR count). The monoisotopic (exact) mass is 830 g/mol. The summed E-state index contributed by atoms with van der Waals surface area (Å²) in [5.74, 6) is 1.80. The van der Waals surface area contributed by atoms with Crippen LogP contribution in [0.5, 0.6) is 0 Å². The van der Waals surface area contributed by atoms with Crippen LogP contribution in [0.15, 0.2) is 206 Å². The van der Waals surface area contributed by atoms with Gasteiger partial charge in [-0.2, -0.15) is 5.26 Å². The van der Waals surface area contributed by atoms with E-state index in [1.165, 1.54) is 55.6 Å². The van der Waals surface area contributed by atoms with E-state index in [-0.39, 0.29) is 5.41 Å². The Morgan fingerprint density at radius 2 is 0.875 bits per heavy atom. The van der Waals surface area contributed by atoms with Crippen LogP contribution < -0.4 is 0 Å². The molecule has 0 amide bonds. The summed E-state index contributed by atoms with van der Waals surface area (Å²) in [4.78, 5) is 15.2. The van der Waals surface area contributed by atoms with Crippen molar-refractivity contribution in [1.82, 2.24) is 15.0 Å². The van der Waals surface area contributed by atoms with Crippen LogP contribution in [-0.4, -0.2) is 15.0 Å². The highest BCUT2D eigenvalue weighted by Crippen LogP contribution is 2.64. The van der Waals surface area contributed by atoms with E-state index in [0.29, 0.717) is 23.0 Å². The summed E-state index contributed by atoms with van der Waals surface area (Å²) in [6.07, 6.45) is 0. The Balaban J connectivity index is 0.881. The Kier molecular flexibility index (Phi) is 8.02. The highest BCUT2D eigenvalue weighted by molar-refractivity contribution is 7.25. The minimum atomic E-state index is -0.369. The number of thiophene rings is 1. The Bertz CT molecular complexity index is 3680. The van der Waals surface area contributed by atoms with Gasteiger partial charge in [0.2, 0.25) is 0 Å². The average molecular weight is 831 g/mol. The number of aromatic nitrogens is 3. The molecule has 64 heavy (non-hydrogen) atoms. The number of nitriles is 1. The van der Waals surface area contributed by atoms with Gasteiger partial charge in [0.1, 0.15) is 0 Å². The molecule has 0 N–H and O–H groups in total. The molecule has 1 spiro atoms. The molecule has 2 aliphatic carbocycles. The van der Waals surface area contributed by atoms with Crippen molar-refractivity contribution >= 4 is 31.5 Å². The minimum Gasteiger partial charge on any atom is -0.208 e. The first kappa shape index (κ1) is 36.4. The number of hydrogen-bond acceptors (Lipinski definition) is 5. The summed E-state index contributed by atoms with van der Waals surface area (Å²) >= 11 is 1.71. The van der Waals surface area contributed by atoms with Gasteiger partial charge in [-0.1, -0.05) is 182 Å². The zero-order valence-electron chi connectivity index (χ0n) is 34.3. The predicted molar refractivity (Wildman–Crippen MR) is 261 cm³/mol. The van der Waals surface area contributed by atoms with Crippen molar-refractivity contribution in [3.05, 3.63) is 234 Å². The van der Waals surface area contributed by atoms with E-state index >= 15 is 0 Å². The second-order valence-electron chi connectivity index (χ2n) is 16.5. The topological polar surface area (TPSA) is 62.5 Å². The number of benzene rings is 9. The van der Waals surface area contributed by atoms with E-state index in [2.05, 4.69) is 164 Å². The van der Waals surface area contributed by atoms with Gasteiger partial charge >= 0.3 is 0 Å². The third kappa shape index (κ3) is 5.30. The fourth-order valence-corrected chi connectivity index (χ4v) is 11.6. The van der Waals surface area contributed by atoms with E-state index in [0.717, 1.165) is 48.0 Å². The molecule has 9 aromatic carbocycles. The highest BCUT2D eigenvalue weighted by Gasteiger charge is 2.51. The average Bonchev–Trinajstić information content (AvgIpc) is 4.00. The zero-order chi connectivity index (χ0) is 42.4. The molecule has 0 saturated heterocycles. The lowest BCUT2D eigenvalue weighted by molar-refractivity contribution is 0.794. The van der Waals surface area contributed by atoms with Crippen LogP contribution in [0.4, 0.5) is 0 Å². The largest absolute Gasteiger partial charge is 0.208 e. The molecule has 0 fully saturated rings. The van der Waals surface area contributed by atoms with Gasteiger partial charge in [-0.05, 0) is 91.0 Å². The Hall–Kier alpha value is -8.30. The van der Waals surface area contributed by atoms with Gasteiger partial charge in [-0.15, -0.1) is 11.3 Å². The molecule has 0 aliphatic heterocycles. The summed E-state index contributed by atoms with van der Waals surface area (Å²) in [7, 11) is 0. The fraction of sp³-hybridized carbons (Fsp3) is 0.0169. The number of fused-ring (bicyclic) bond motifs is 13. The maximum absolute atomic E-state index is 9.73. The van der Waals surface area contributed by atoms with Crippen molar-refractivity contribution in [1.29, 1.82) is 5.26 Å². The zero-order valence-corrected chi connectivity index (χ0v) is 35.1.